The number of carbonyl (C=O) groups excluding carboxylic acids is 1. The zero-order valence-electron chi connectivity index (χ0n) is 11.0. The van der Waals surface area contributed by atoms with Gasteiger partial charge in [0.15, 0.2) is 0 Å². The van der Waals surface area contributed by atoms with Gasteiger partial charge in [-0.1, -0.05) is 11.6 Å². The van der Waals surface area contributed by atoms with Gasteiger partial charge in [0.2, 0.25) is 0 Å². The third-order valence-corrected chi connectivity index (χ3v) is 4.10. The van der Waals surface area contributed by atoms with Crippen molar-refractivity contribution in [3.63, 3.8) is 0 Å². The molecule has 0 aromatic heterocycles. The minimum Gasteiger partial charge on any atom is -0.496 e. The lowest BCUT2D eigenvalue weighted by Gasteiger charge is -2.22. The van der Waals surface area contributed by atoms with E-state index < -0.39 is 0 Å². The molecule has 1 fully saturated rings. The fourth-order valence-corrected chi connectivity index (χ4v) is 2.66. The van der Waals surface area contributed by atoms with Gasteiger partial charge in [-0.3, -0.25) is 0 Å². The molecule has 1 unspecified atom stereocenters. The second kappa shape index (κ2) is 4.69. The van der Waals surface area contributed by atoms with Crippen LogP contribution in [0.25, 0.3) is 0 Å². The number of ether oxygens (including phenoxy) is 1. The van der Waals surface area contributed by atoms with E-state index in [2.05, 4.69) is 10.6 Å². The van der Waals surface area contributed by atoms with Gasteiger partial charge in [0.1, 0.15) is 5.75 Å². The first-order valence-electron chi connectivity index (χ1n) is 5.84. The molecule has 1 atom stereocenters. The van der Waals surface area contributed by atoms with Crippen LogP contribution in [0.2, 0.25) is 5.02 Å². The smallest absolute Gasteiger partial charge is 0.315 e. The van der Waals surface area contributed by atoms with Crippen LogP contribution in [-0.2, 0) is 0 Å². The lowest BCUT2D eigenvalue weighted by atomic mass is 9.94. The predicted octanol–water partition coefficient (Wildman–Crippen LogP) is 2.63. The largest absolute Gasteiger partial charge is 0.496 e. The lowest BCUT2D eigenvalue weighted by Crippen LogP contribution is -2.22. The number of rotatable bonds is 2. The molecule has 0 spiro atoms. The fraction of sp³-hybridized carbons (Fsp3) is 0.462. The average molecular weight is 269 g/mol. The standard InChI is InChI=1S/C13H17ClN2O2/c1-6-7(2)12(18-4)10(8(3)11(6)14)9-5-15-13(17)16-9/h9H,5H2,1-4H3,(H2,15,16,17). The summed E-state index contributed by atoms with van der Waals surface area (Å²) in [6, 6.07) is -0.250. The highest BCUT2D eigenvalue weighted by molar-refractivity contribution is 6.32. The second-order valence-corrected chi connectivity index (χ2v) is 4.92. The molecule has 1 aromatic carbocycles. The molecule has 1 aliphatic rings. The third-order valence-electron chi connectivity index (χ3n) is 3.53. The zero-order valence-corrected chi connectivity index (χ0v) is 11.7. The molecule has 0 bridgehead atoms. The van der Waals surface area contributed by atoms with Gasteiger partial charge in [-0.25, -0.2) is 4.79 Å². The quantitative estimate of drug-likeness (QED) is 0.866. The molecule has 5 heteroatoms. The maximum absolute atomic E-state index is 11.3. The molecule has 0 aliphatic carbocycles. The number of urea groups is 1. The Morgan fingerprint density at radius 3 is 2.39 bits per heavy atom. The molecule has 2 rings (SSSR count). The van der Waals surface area contributed by atoms with Crippen molar-refractivity contribution in [1.82, 2.24) is 10.6 Å². The predicted molar refractivity (Wildman–Crippen MR) is 71.5 cm³/mol. The Morgan fingerprint density at radius 2 is 1.89 bits per heavy atom. The van der Waals surface area contributed by atoms with Crippen LogP contribution < -0.4 is 15.4 Å². The van der Waals surface area contributed by atoms with Gasteiger partial charge in [-0.15, -0.1) is 0 Å². The van der Waals surface area contributed by atoms with Gasteiger partial charge in [0.05, 0.1) is 13.2 Å². The number of nitrogens with one attached hydrogen (secondary N) is 2. The van der Waals surface area contributed by atoms with Crippen molar-refractivity contribution in [3.8, 4) is 5.75 Å². The van der Waals surface area contributed by atoms with Crippen LogP contribution >= 0.6 is 11.6 Å². The Labute approximate surface area is 112 Å². The Kier molecular flexibility index (Phi) is 3.39. The van der Waals surface area contributed by atoms with Gasteiger partial charge in [-0.05, 0) is 37.5 Å². The van der Waals surface area contributed by atoms with Crippen molar-refractivity contribution in [2.75, 3.05) is 13.7 Å². The van der Waals surface area contributed by atoms with Crippen LogP contribution in [0, 0.1) is 20.8 Å². The Balaban J connectivity index is 2.61. The monoisotopic (exact) mass is 268 g/mol. The molecule has 1 aromatic rings. The maximum atomic E-state index is 11.3. The average Bonchev–Trinajstić information content (AvgIpc) is 2.77. The van der Waals surface area contributed by atoms with Crippen molar-refractivity contribution in [3.05, 3.63) is 27.3 Å². The van der Waals surface area contributed by atoms with Crippen molar-refractivity contribution in [2.24, 2.45) is 0 Å². The van der Waals surface area contributed by atoms with E-state index in [0.29, 0.717) is 6.54 Å². The molecular weight excluding hydrogens is 252 g/mol. The summed E-state index contributed by atoms with van der Waals surface area (Å²) in [5.74, 6) is 0.809. The van der Waals surface area contributed by atoms with E-state index in [1.54, 1.807) is 7.11 Å². The van der Waals surface area contributed by atoms with Crippen LogP contribution in [-0.4, -0.2) is 19.7 Å². The molecule has 2 N–H and O–H groups in total. The van der Waals surface area contributed by atoms with Gasteiger partial charge in [0, 0.05) is 17.1 Å². The topological polar surface area (TPSA) is 50.4 Å². The molecule has 1 aliphatic heterocycles. The first-order chi connectivity index (χ1) is 8.47. The summed E-state index contributed by atoms with van der Waals surface area (Å²) < 4.78 is 5.50. The van der Waals surface area contributed by atoms with E-state index >= 15 is 0 Å². The second-order valence-electron chi connectivity index (χ2n) is 4.54. The molecule has 18 heavy (non-hydrogen) atoms. The summed E-state index contributed by atoms with van der Waals surface area (Å²) in [5.41, 5.74) is 3.96. The highest BCUT2D eigenvalue weighted by atomic mass is 35.5. The normalized spacial score (nSPS) is 18.5. The number of benzene rings is 1. The van der Waals surface area contributed by atoms with E-state index in [4.69, 9.17) is 16.3 Å². The summed E-state index contributed by atoms with van der Waals surface area (Å²) in [5, 5.41) is 6.36. The van der Waals surface area contributed by atoms with E-state index in [-0.39, 0.29) is 12.1 Å². The maximum Gasteiger partial charge on any atom is 0.315 e. The zero-order chi connectivity index (χ0) is 13.4. The van der Waals surface area contributed by atoms with Crippen molar-refractivity contribution in [1.29, 1.82) is 0 Å². The highest BCUT2D eigenvalue weighted by Crippen LogP contribution is 2.39. The van der Waals surface area contributed by atoms with Crippen LogP contribution in [0.3, 0.4) is 0 Å². The molecule has 4 nitrogen and oxygen atoms in total. The minimum absolute atomic E-state index is 0.0933. The summed E-state index contributed by atoms with van der Waals surface area (Å²) >= 11 is 6.34. The van der Waals surface area contributed by atoms with Gasteiger partial charge >= 0.3 is 6.03 Å². The first-order valence-corrected chi connectivity index (χ1v) is 6.22. The summed E-state index contributed by atoms with van der Waals surface area (Å²) in [4.78, 5) is 11.3. The van der Waals surface area contributed by atoms with Crippen LogP contribution in [0.1, 0.15) is 28.3 Å². The van der Waals surface area contributed by atoms with E-state index in [0.717, 1.165) is 33.0 Å². The highest BCUT2D eigenvalue weighted by Gasteiger charge is 2.28. The lowest BCUT2D eigenvalue weighted by molar-refractivity contribution is 0.247. The number of hydrogen-bond acceptors (Lipinski definition) is 2. The van der Waals surface area contributed by atoms with E-state index in [1.165, 1.54) is 0 Å². The molecule has 1 heterocycles. The first kappa shape index (κ1) is 13.0. The van der Waals surface area contributed by atoms with Crippen LogP contribution in [0.4, 0.5) is 4.79 Å². The molecule has 0 radical (unpaired) electrons. The summed E-state index contributed by atoms with van der Waals surface area (Å²) in [6.45, 7) is 6.46. The Hall–Kier alpha value is -1.42. The van der Waals surface area contributed by atoms with Crippen LogP contribution in [0.15, 0.2) is 0 Å². The molecule has 1 saturated heterocycles. The van der Waals surface area contributed by atoms with Gasteiger partial charge in [0.25, 0.3) is 0 Å². The van der Waals surface area contributed by atoms with Crippen LogP contribution in [0.5, 0.6) is 5.75 Å². The fourth-order valence-electron chi connectivity index (χ4n) is 2.42. The molecular formula is C13H17ClN2O2. The Morgan fingerprint density at radius 1 is 1.22 bits per heavy atom. The minimum atomic E-state index is -0.157. The van der Waals surface area contributed by atoms with Gasteiger partial charge < -0.3 is 15.4 Å². The molecule has 0 saturated carbocycles. The molecule has 98 valence electrons. The number of hydrogen-bond donors (Lipinski definition) is 2. The Bertz CT molecular complexity index is 514. The van der Waals surface area contributed by atoms with E-state index in [9.17, 15) is 4.79 Å². The summed E-state index contributed by atoms with van der Waals surface area (Å²) in [7, 11) is 1.64. The van der Waals surface area contributed by atoms with Crippen molar-refractivity contribution < 1.29 is 9.53 Å². The van der Waals surface area contributed by atoms with E-state index in [1.807, 2.05) is 20.8 Å². The third kappa shape index (κ3) is 1.90. The van der Waals surface area contributed by atoms with Crippen molar-refractivity contribution >= 4 is 17.6 Å². The van der Waals surface area contributed by atoms with Gasteiger partial charge in [-0.2, -0.15) is 0 Å². The molecule has 2 amide bonds. The number of methoxy groups -OCH3 is 1. The number of halogens is 1. The SMILES string of the molecule is COc1c(C)c(C)c(Cl)c(C)c1C1CNC(=O)N1. The van der Waals surface area contributed by atoms with Crippen molar-refractivity contribution in [2.45, 2.75) is 26.8 Å². The summed E-state index contributed by atoms with van der Waals surface area (Å²) in [6.07, 6.45) is 0. The number of amides is 2. The number of carbonyl (C=O) groups is 1.